The van der Waals surface area contributed by atoms with Crippen LogP contribution in [-0.4, -0.2) is 83.9 Å². The third kappa shape index (κ3) is 4.54. The molecule has 216 valence electrons. The number of nitrogen functional groups attached to an aromatic ring is 1. The summed E-state index contributed by atoms with van der Waals surface area (Å²) < 4.78 is 5.98. The van der Waals surface area contributed by atoms with Crippen LogP contribution in [0.25, 0.3) is 11.5 Å². The van der Waals surface area contributed by atoms with E-state index < -0.39 is 5.41 Å². The minimum absolute atomic E-state index is 0.279. The van der Waals surface area contributed by atoms with Crippen LogP contribution in [-0.2, 0) is 11.8 Å². The Hall–Kier alpha value is -3.27. The first-order chi connectivity index (χ1) is 19.8. The summed E-state index contributed by atoms with van der Waals surface area (Å²) in [7, 11) is 2.18. The zero-order chi connectivity index (χ0) is 28.3. The molecule has 0 aromatic carbocycles. The highest BCUT2D eigenvalue weighted by Gasteiger charge is 2.43. The predicted octanol–water partition coefficient (Wildman–Crippen LogP) is 2.87. The second-order valence-corrected chi connectivity index (χ2v) is 13.6. The van der Waals surface area contributed by atoms with Crippen LogP contribution >= 0.6 is 11.3 Å². The molecule has 3 aliphatic heterocycles. The Bertz CT molecular complexity index is 1480. The number of nitriles is 1. The number of aryl methyl sites for hydroxylation is 1. The third-order valence-electron chi connectivity index (χ3n) is 9.60. The van der Waals surface area contributed by atoms with Gasteiger partial charge in [-0.25, -0.2) is 4.98 Å². The van der Waals surface area contributed by atoms with Crippen molar-refractivity contribution in [3.8, 4) is 17.6 Å². The average molecular weight is 575 g/mol. The molecule has 3 saturated heterocycles. The molecule has 4 atom stereocenters. The van der Waals surface area contributed by atoms with E-state index in [4.69, 9.17) is 25.2 Å². The maximum atomic E-state index is 9.91. The van der Waals surface area contributed by atoms with Crippen molar-refractivity contribution in [2.45, 2.75) is 51.0 Å². The summed E-state index contributed by atoms with van der Waals surface area (Å²) in [5, 5.41) is 18.5. The van der Waals surface area contributed by atoms with E-state index in [-0.39, 0.29) is 6.04 Å². The number of fused-ring (bicyclic) bond motifs is 2. The number of hydrogen-bond acceptors (Lipinski definition) is 12. The van der Waals surface area contributed by atoms with Crippen molar-refractivity contribution in [2.24, 2.45) is 11.8 Å². The Morgan fingerprint density at radius 3 is 2.73 bits per heavy atom. The van der Waals surface area contributed by atoms with Crippen molar-refractivity contribution in [1.82, 2.24) is 30.3 Å². The van der Waals surface area contributed by atoms with Crippen molar-refractivity contribution in [2.75, 3.05) is 68.4 Å². The molecule has 2 unspecified atom stereocenters. The van der Waals surface area contributed by atoms with Crippen LogP contribution < -0.4 is 20.9 Å². The van der Waals surface area contributed by atoms with Gasteiger partial charge in [0.15, 0.2) is 0 Å². The van der Waals surface area contributed by atoms with Gasteiger partial charge in [0.1, 0.15) is 22.6 Å². The minimum atomic E-state index is -0.569. The maximum Gasteiger partial charge on any atom is 0.237 e. The third-order valence-corrected chi connectivity index (χ3v) is 10.7. The Morgan fingerprint density at radius 2 is 1.95 bits per heavy atom. The summed E-state index contributed by atoms with van der Waals surface area (Å²) in [6.45, 7) is 11.4. The molecular formula is C29H38N10OS. The van der Waals surface area contributed by atoms with Gasteiger partial charge < -0.3 is 30.3 Å². The van der Waals surface area contributed by atoms with Gasteiger partial charge >= 0.3 is 0 Å². The number of anilines is 3. The van der Waals surface area contributed by atoms with Crippen molar-refractivity contribution in [3.63, 3.8) is 0 Å². The second-order valence-electron chi connectivity index (χ2n) is 12.5. The summed E-state index contributed by atoms with van der Waals surface area (Å²) in [6, 6.07) is 4.64. The number of rotatable bonds is 4. The molecule has 11 nitrogen and oxygen atoms in total. The number of likely N-dealkylation sites (N-methyl/N-ethyl adjacent to an activating group) is 1. The molecule has 0 radical (unpaired) electrons. The Labute approximate surface area is 244 Å². The molecule has 4 aliphatic rings. The predicted molar refractivity (Wildman–Crippen MR) is 159 cm³/mol. The van der Waals surface area contributed by atoms with Gasteiger partial charge in [-0.05, 0) is 65.0 Å². The van der Waals surface area contributed by atoms with Gasteiger partial charge in [0.2, 0.25) is 17.7 Å². The van der Waals surface area contributed by atoms with Crippen LogP contribution in [0.1, 0.15) is 55.0 Å². The molecule has 3 aromatic heterocycles. The number of hydrogen-bond donors (Lipinski definition) is 2. The number of nitrogens with zero attached hydrogens (tertiary/aromatic N) is 8. The molecule has 0 amide bonds. The Kier molecular flexibility index (Phi) is 6.64. The monoisotopic (exact) mass is 574 g/mol. The number of aromatic nitrogens is 4. The molecule has 1 aliphatic carbocycles. The first-order valence-electron chi connectivity index (χ1n) is 14.8. The quantitative estimate of drug-likeness (QED) is 0.476. The molecule has 7 rings (SSSR count). The Balaban J connectivity index is 1.28. The van der Waals surface area contributed by atoms with Crippen molar-refractivity contribution in [3.05, 3.63) is 28.0 Å². The SMILES string of the molecule is C[C@H]1CN(C)CCCN1c1nc(-c2noc([C@@]3(C)CCCc4sc(N)c(C#N)c43)n2)cc(N2CC3CNCC3C2)n1. The summed E-state index contributed by atoms with van der Waals surface area (Å²) in [4.78, 5) is 23.4. The molecule has 6 heterocycles. The van der Waals surface area contributed by atoms with E-state index in [1.165, 1.54) is 11.3 Å². The standard InChI is InChI=1S/C29H38N10OS/c1-17-14-37(3)8-5-9-39(17)28-33-21(10-23(34-28)38-15-18-12-32-13-19(18)16-38)26-35-27(40-36-26)29(2)7-4-6-22-24(29)20(11-30)25(31)41-22/h10,17-19,32H,4-9,12-16,31H2,1-3H3/t17-,18?,19?,29-/m0/s1. The van der Waals surface area contributed by atoms with Crippen LogP contribution in [0.5, 0.6) is 0 Å². The van der Waals surface area contributed by atoms with Crippen LogP contribution in [0.4, 0.5) is 16.8 Å². The molecule has 0 spiro atoms. The number of nitrogens with one attached hydrogen (secondary N) is 1. The number of nitrogens with two attached hydrogens (primary N) is 1. The normalized spacial score (nSPS) is 28.4. The highest BCUT2D eigenvalue weighted by Crippen LogP contribution is 2.48. The van der Waals surface area contributed by atoms with Crippen LogP contribution in [0.15, 0.2) is 10.6 Å². The van der Waals surface area contributed by atoms with Crippen LogP contribution in [0.3, 0.4) is 0 Å². The molecule has 41 heavy (non-hydrogen) atoms. The zero-order valence-corrected chi connectivity index (χ0v) is 24.9. The van der Waals surface area contributed by atoms with E-state index in [2.05, 4.69) is 52.1 Å². The van der Waals surface area contributed by atoms with E-state index in [0.717, 1.165) is 93.7 Å². The summed E-state index contributed by atoms with van der Waals surface area (Å²) >= 11 is 1.51. The van der Waals surface area contributed by atoms with Crippen molar-refractivity contribution >= 4 is 28.1 Å². The lowest BCUT2D eigenvalue weighted by molar-refractivity contribution is 0.300. The largest absolute Gasteiger partial charge is 0.389 e. The van der Waals surface area contributed by atoms with Gasteiger partial charge in [0, 0.05) is 61.8 Å². The zero-order valence-electron chi connectivity index (χ0n) is 24.1. The van der Waals surface area contributed by atoms with E-state index in [1.807, 2.05) is 6.07 Å². The van der Waals surface area contributed by atoms with E-state index in [0.29, 0.717) is 39.8 Å². The van der Waals surface area contributed by atoms with Gasteiger partial charge in [0.25, 0.3) is 0 Å². The molecular weight excluding hydrogens is 536 g/mol. The smallest absolute Gasteiger partial charge is 0.237 e. The fourth-order valence-electron chi connectivity index (χ4n) is 7.40. The summed E-state index contributed by atoms with van der Waals surface area (Å²) in [5.41, 5.74) is 7.85. The van der Waals surface area contributed by atoms with Crippen LogP contribution in [0, 0.1) is 23.2 Å². The molecule has 3 N–H and O–H groups in total. The molecule has 12 heteroatoms. The topological polar surface area (TPSA) is 136 Å². The lowest BCUT2D eigenvalue weighted by atomic mass is 9.72. The fourth-order valence-corrected chi connectivity index (χ4v) is 8.59. The van der Waals surface area contributed by atoms with E-state index in [1.54, 1.807) is 0 Å². The lowest BCUT2D eigenvalue weighted by Gasteiger charge is -2.30. The number of thiophene rings is 1. The maximum absolute atomic E-state index is 9.91. The van der Waals surface area contributed by atoms with Crippen molar-refractivity contribution < 1.29 is 4.52 Å². The van der Waals surface area contributed by atoms with Gasteiger partial charge in [-0.15, -0.1) is 11.3 Å². The van der Waals surface area contributed by atoms with Crippen LogP contribution in [0.2, 0.25) is 0 Å². The summed E-state index contributed by atoms with van der Waals surface area (Å²) in [6.07, 6.45) is 3.76. The van der Waals surface area contributed by atoms with Gasteiger partial charge in [-0.2, -0.15) is 15.2 Å². The highest BCUT2D eigenvalue weighted by molar-refractivity contribution is 7.16. The highest BCUT2D eigenvalue weighted by atomic mass is 32.1. The van der Waals surface area contributed by atoms with Gasteiger partial charge in [0.05, 0.1) is 11.0 Å². The minimum Gasteiger partial charge on any atom is -0.389 e. The molecule has 3 aromatic rings. The van der Waals surface area contributed by atoms with Gasteiger partial charge in [-0.1, -0.05) is 5.16 Å². The fraction of sp³-hybridized carbons (Fsp3) is 0.621. The van der Waals surface area contributed by atoms with E-state index >= 15 is 0 Å². The first kappa shape index (κ1) is 26.6. The van der Waals surface area contributed by atoms with Gasteiger partial charge in [-0.3, -0.25) is 0 Å². The molecule has 0 bridgehead atoms. The first-order valence-corrected chi connectivity index (χ1v) is 15.6. The second kappa shape index (κ2) is 10.2. The lowest BCUT2D eigenvalue weighted by Crippen LogP contribution is -2.39. The molecule has 0 saturated carbocycles. The molecule has 3 fully saturated rings. The van der Waals surface area contributed by atoms with E-state index in [9.17, 15) is 5.26 Å². The Morgan fingerprint density at radius 1 is 1.15 bits per heavy atom. The average Bonchev–Trinajstić information content (AvgIpc) is 3.72. The van der Waals surface area contributed by atoms with Crippen molar-refractivity contribution in [1.29, 1.82) is 5.26 Å². The summed E-state index contributed by atoms with van der Waals surface area (Å²) in [5.74, 6) is 3.92.